The molecule has 0 atom stereocenters. The van der Waals surface area contributed by atoms with Gasteiger partial charge in [0.15, 0.2) is 0 Å². The van der Waals surface area contributed by atoms with E-state index in [-0.39, 0.29) is 11.8 Å². The Kier molecular flexibility index (Phi) is 6.96. The highest BCUT2D eigenvalue weighted by molar-refractivity contribution is 6.08. The fraction of sp³-hybridized carbons (Fsp3) is 0.238. The zero-order valence-corrected chi connectivity index (χ0v) is 14.7. The molecule has 0 saturated carbocycles. The smallest absolute Gasteiger partial charge is 0.253 e. The third-order valence-corrected chi connectivity index (χ3v) is 3.83. The number of anilines is 1. The Balaban J connectivity index is 2.00. The number of benzene rings is 2. The maximum atomic E-state index is 12.5. The summed E-state index contributed by atoms with van der Waals surface area (Å²) in [6, 6.07) is 17.0. The standard InChI is InChI=1S/C21H24N2O2/c1-3-9-16(2)20(24)23-19-13-8-7-12-18(19)21(25)22-15-14-17-10-5-4-6-11-17/h4-13H,3,14-15H2,1-2H3,(H,22,25)(H,23,24). The van der Waals surface area contributed by atoms with E-state index in [1.807, 2.05) is 43.3 Å². The van der Waals surface area contributed by atoms with Crippen molar-refractivity contribution in [3.63, 3.8) is 0 Å². The van der Waals surface area contributed by atoms with Crippen molar-refractivity contribution in [1.82, 2.24) is 5.32 Å². The van der Waals surface area contributed by atoms with Crippen LogP contribution in [-0.2, 0) is 11.2 Å². The molecule has 0 heterocycles. The largest absolute Gasteiger partial charge is 0.352 e. The lowest BCUT2D eigenvalue weighted by Crippen LogP contribution is -2.27. The summed E-state index contributed by atoms with van der Waals surface area (Å²) in [5.74, 6) is -0.379. The van der Waals surface area contributed by atoms with Gasteiger partial charge in [0.05, 0.1) is 11.3 Å². The second-order valence-electron chi connectivity index (χ2n) is 5.79. The van der Waals surface area contributed by atoms with Gasteiger partial charge in [0.1, 0.15) is 0 Å². The van der Waals surface area contributed by atoms with Crippen LogP contribution >= 0.6 is 0 Å². The molecule has 2 amide bonds. The van der Waals surface area contributed by atoms with Crippen LogP contribution in [0.25, 0.3) is 0 Å². The predicted molar refractivity (Wildman–Crippen MR) is 102 cm³/mol. The van der Waals surface area contributed by atoms with Crippen LogP contribution in [0.15, 0.2) is 66.2 Å². The normalized spacial score (nSPS) is 11.0. The molecular weight excluding hydrogens is 312 g/mol. The van der Waals surface area contributed by atoms with Gasteiger partial charge in [-0.25, -0.2) is 0 Å². The van der Waals surface area contributed by atoms with Gasteiger partial charge in [-0.1, -0.05) is 55.5 Å². The number of rotatable bonds is 7. The van der Waals surface area contributed by atoms with Crippen LogP contribution in [0.1, 0.15) is 36.2 Å². The van der Waals surface area contributed by atoms with Crippen molar-refractivity contribution in [2.75, 3.05) is 11.9 Å². The van der Waals surface area contributed by atoms with Gasteiger partial charge in [0.25, 0.3) is 11.8 Å². The lowest BCUT2D eigenvalue weighted by molar-refractivity contribution is -0.112. The molecule has 0 unspecified atom stereocenters. The van der Waals surface area contributed by atoms with Crippen molar-refractivity contribution in [3.8, 4) is 0 Å². The molecule has 2 N–H and O–H groups in total. The fourth-order valence-corrected chi connectivity index (χ4v) is 2.47. The topological polar surface area (TPSA) is 58.2 Å². The molecule has 2 aromatic carbocycles. The first-order chi connectivity index (χ1) is 12.1. The average molecular weight is 336 g/mol. The van der Waals surface area contributed by atoms with Crippen molar-refractivity contribution in [3.05, 3.63) is 77.4 Å². The van der Waals surface area contributed by atoms with Crippen molar-refractivity contribution in [2.24, 2.45) is 0 Å². The summed E-state index contributed by atoms with van der Waals surface area (Å²) in [7, 11) is 0. The Labute approximate surface area is 149 Å². The summed E-state index contributed by atoms with van der Waals surface area (Å²) in [6.07, 6.45) is 3.41. The number of hydrogen-bond acceptors (Lipinski definition) is 2. The number of amides is 2. The summed E-state index contributed by atoms with van der Waals surface area (Å²) >= 11 is 0. The van der Waals surface area contributed by atoms with Gasteiger partial charge >= 0.3 is 0 Å². The maximum absolute atomic E-state index is 12.5. The lowest BCUT2D eigenvalue weighted by Gasteiger charge is -2.12. The molecule has 0 spiro atoms. The van der Waals surface area contributed by atoms with Crippen LogP contribution in [-0.4, -0.2) is 18.4 Å². The predicted octanol–water partition coefficient (Wildman–Crippen LogP) is 3.95. The molecule has 0 aliphatic carbocycles. The Bertz CT molecular complexity index is 752. The summed E-state index contributed by atoms with van der Waals surface area (Å²) in [6.45, 7) is 4.28. The van der Waals surface area contributed by atoms with Crippen LogP contribution in [0.3, 0.4) is 0 Å². The minimum absolute atomic E-state index is 0.189. The number of hydrogen-bond donors (Lipinski definition) is 2. The van der Waals surface area contributed by atoms with Gasteiger partial charge in [0, 0.05) is 12.1 Å². The number of carbonyl (C=O) groups excluding carboxylic acids is 2. The van der Waals surface area contributed by atoms with Gasteiger partial charge in [-0.15, -0.1) is 0 Å². The van der Waals surface area contributed by atoms with Gasteiger partial charge in [-0.05, 0) is 37.5 Å². The molecule has 0 radical (unpaired) electrons. The monoisotopic (exact) mass is 336 g/mol. The van der Waals surface area contributed by atoms with E-state index in [0.717, 1.165) is 12.8 Å². The van der Waals surface area contributed by atoms with E-state index in [2.05, 4.69) is 10.6 Å². The van der Waals surface area contributed by atoms with E-state index in [1.54, 1.807) is 31.2 Å². The van der Waals surface area contributed by atoms with Crippen LogP contribution in [0.5, 0.6) is 0 Å². The van der Waals surface area contributed by atoms with E-state index < -0.39 is 0 Å². The number of para-hydroxylation sites is 1. The zero-order valence-electron chi connectivity index (χ0n) is 14.7. The number of nitrogens with one attached hydrogen (secondary N) is 2. The molecule has 2 aromatic rings. The molecule has 0 fully saturated rings. The highest BCUT2D eigenvalue weighted by Crippen LogP contribution is 2.16. The Morgan fingerprint density at radius 2 is 1.68 bits per heavy atom. The molecule has 0 saturated heterocycles. The average Bonchev–Trinajstić information content (AvgIpc) is 2.63. The molecule has 4 nitrogen and oxygen atoms in total. The van der Waals surface area contributed by atoms with Crippen molar-refractivity contribution >= 4 is 17.5 Å². The fourth-order valence-electron chi connectivity index (χ4n) is 2.47. The van der Waals surface area contributed by atoms with Crippen LogP contribution in [0.4, 0.5) is 5.69 Å². The molecule has 0 bridgehead atoms. The van der Waals surface area contributed by atoms with Crippen molar-refractivity contribution in [1.29, 1.82) is 0 Å². The minimum Gasteiger partial charge on any atom is -0.352 e. The summed E-state index contributed by atoms with van der Waals surface area (Å²) in [5, 5.41) is 5.73. The molecular formula is C21H24N2O2. The first-order valence-corrected chi connectivity index (χ1v) is 8.51. The summed E-state index contributed by atoms with van der Waals surface area (Å²) in [5.41, 5.74) is 2.80. The number of allylic oxidation sites excluding steroid dienone is 1. The van der Waals surface area contributed by atoms with Gasteiger partial charge in [0.2, 0.25) is 0 Å². The van der Waals surface area contributed by atoms with Crippen molar-refractivity contribution < 1.29 is 9.59 Å². The number of carbonyl (C=O) groups is 2. The molecule has 0 aliphatic rings. The quantitative estimate of drug-likeness (QED) is 0.752. The van der Waals surface area contributed by atoms with Gasteiger partial charge < -0.3 is 10.6 Å². The lowest BCUT2D eigenvalue weighted by atomic mass is 10.1. The highest BCUT2D eigenvalue weighted by Gasteiger charge is 2.13. The van der Waals surface area contributed by atoms with Gasteiger partial charge in [-0.3, -0.25) is 9.59 Å². The van der Waals surface area contributed by atoms with E-state index >= 15 is 0 Å². The Hall–Kier alpha value is -2.88. The minimum atomic E-state index is -0.191. The molecule has 130 valence electrons. The van der Waals surface area contributed by atoms with E-state index in [0.29, 0.717) is 23.4 Å². The van der Waals surface area contributed by atoms with Crippen molar-refractivity contribution in [2.45, 2.75) is 26.7 Å². The van der Waals surface area contributed by atoms with E-state index in [1.165, 1.54) is 5.56 Å². The summed E-state index contributed by atoms with van der Waals surface area (Å²) in [4.78, 5) is 24.6. The first-order valence-electron chi connectivity index (χ1n) is 8.51. The third-order valence-electron chi connectivity index (χ3n) is 3.83. The van der Waals surface area contributed by atoms with E-state index in [4.69, 9.17) is 0 Å². The van der Waals surface area contributed by atoms with Gasteiger partial charge in [-0.2, -0.15) is 0 Å². The highest BCUT2D eigenvalue weighted by atomic mass is 16.2. The zero-order chi connectivity index (χ0) is 18.1. The van der Waals surface area contributed by atoms with E-state index in [9.17, 15) is 9.59 Å². The van der Waals surface area contributed by atoms with Crippen LogP contribution < -0.4 is 10.6 Å². The maximum Gasteiger partial charge on any atom is 0.253 e. The second-order valence-corrected chi connectivity index (χ2v) is 5.79. The molecule has 0 aliphatic heterocycles. The Morgan fingerprint density at radius 3 is 2.40 bits per heavy atom. The molecule has 2 rings (SSSR count). The van der Waals surface area contributed by atoms with Crippen LogP contribution in [0, 0.1) is 0 Å². The SMILES string of the molecule is CCC=C(C)C(=O)Nc1ccccc1C(=O)NCCc1ccccc1. The Morgan fingerprint density at radius 1 is 1.00 bits per heavy atom. The third kappa shape index (κ3) is 5.60. The first kappa shape index (κ1) is 18.5. The molecule has 4 heteroatoms. The molecule has 0 aromatic heterocycles. The molecule has 25 heavy (non-hydrogen) atoms. The second kappa shape index (κ2) is 9.42. The summed E-state index contributed by atoms with van der Waals surface area (Å²) < 4.78 is 0. The van der Waals surface area contributed by atoms with Crippen LogP contribution in [0.2, 0.25) is 0 Å².